The van der Waals surface area contributed by atoms with Gasteiger partial charge in [-0.15, -0.1) is 0 Å². The van der Waals surface area contributed by atoms with Gasteiger partial charge in [0.2, 0.25) is 0 Å². The normalized spacial score (nSPS) is 30.4. The van der Waals surface area contributed by atoms with E-state index in [0.29, 0.717) is 16.1 Å². The average molecular weight is 313 g/mol. The molecule has 2 nitrogen and oxygen atoms in total. The van der Waals surface area contributed by atoms with Gasteiger partial charge in [-0.3, -0.25) is 0 Å². The molecule has 1 N–H and O–H groups in total. The third kappa shape index (κ3) is 2.99. The van der Waals surface area contributed by atoms with Crippen molar-refractivity contribution in [3.63, 3.8) is 0 Å². The first-order chi connectivity index (χ1) is 9.65. The zero-order chi connectivity index (χ0) is 14.1. The van der Waals surface area contributed by atoms with Crippen LogP contribution in [0.1, 0.15) is 37.7 Å². The summed E-state index contributed by atoms with van der Waals surface area (Å²) in [5.41, 5.74) is 1.10. The van der Waals surface area contributed by atoms with E-state index in [4.69, 9.17) is 23.2 Å². The van der Waals surface area contributed by atoms with Crippen molar-refractivity contribution in [3.8, 4) is 0 Å². The van der Waals surface area contributed by atoms with Crippen molar-refractivity contribution in [2.24, 2.45) is 0 Å². The molecule has 2 heterocycles. The smallest absolute Gasteiger partial charge is 0.0637 e. The fourth-order valence-electron chi connectivity index (χ4n) is 3.72. The van der Waals surface area contributed by atoms with Gasteiger partial charge in [-0.2, -0.15) is 0 Å². The molecule has 0 radical (unpaired) electrons. The van der Waals surface area contributed by atoms with E-state index in [-0.39, 0.29) is 0 Å². The van der Waals surface area contributed by atoms with Gasteiger partial charge in [-0.25, -0.2) is 0 Å². The Morgan fingerprint density at radius 1 is 1.20 bits per heavy atom. The van der Waals surface area contributed by atoms with Gasteiger partial charge in [0.1, 0.15) is 0 Å². The van der Waals surface area contributed by atoms with E-state index >= 15 is 0 Å². The first-order valence-corrected chi connectivity index (χ1v) is 8.29. The second-order valence-electron chi connectivity index (χ2n) is 6.17. The molecule has 0 aliphatic carbocycles. The molecule has 2 unspecified atom stereocenters. The number of nitrogens with one attached hydrogen (secondary N) is 1. The number of halogens is 2. The minimum absolute atomic E-state index is 0.608. The minimum atomic E-state index is 0.608. The Hall–Kier alpha value is -0.280. The van der Waals surface area contributed by atoms with E-state index in [9.17, 15) is 0 Å². The molecule has 3 rings (SSSR count). The first-order valence-electron chi connectivity index (χ1n) is 7.53. The lowest BCUT2D eigenvalue weighted by molar-refractivity contribution is 0.0482. The highest BCUT2D eigenvalue weighted by atomic mass is 35.5. The fourth-order valence-corrected chi connectivity index (χ4v) is 4.11. The second kappa shape index (κ2) is 6.23. The van der Waals surface area contributed by atoms with Crippen LogP contribution in [0.5, 0.6) is 0 Å². The van der Waals surface area contributed by atoms with E-state index in [1.165, 1.54) is 32.1 Å². The number of nitrogens with zero attached hydrogens (tertiary/aromatic N) is 1. The van der Waals surface area contributed by atoms with Gasteiger partial charge in [0.05, 0.1) is 10.0 Å². The molecule has 2 aliphatic rings. The van der Waals surface area contributed by atoms with Gasteiger partial charge in [0.15, 0.2) is 0 Å². The molecule has 2 bridgehead atoms. The van der Waals surface area contributed by atoms with Crippen molar-refractivity contribution in [3.05, 3.63) is 33.8 Å². The highest BCUT2D eigenvalue weighted by Crippen LogP contribution is 2.33. The largest absolute Gasteiger partial charge is 0.310 e. The average Bonchev–Trinajstić information content (AvgIpc) is 2.41. The van der Waals surface area contributed by atoms with Crippen molar-refractivity contribution in [1.29, 1.82) is 0 Å². The third-order valence-electron chi connectivity index (χ3n) is 4.95. The maximum absolute atomic E-state index is 6.25. The Labute approximate surface area is 131 Å². The summed E-state index contributed by atoms with van der Waals surface area (Å²) < 4.78 is 0. The van der Waals surface area contributed by atoms with Crippen LogP contribution in [0.2, 0.25) is 10.0 Å². The van der Waals surface area contributed by atoms with E-state index in [1.54, 1.807) is 0 Å². The summed E-state index contributed by atoms with van der Waals surface area (Å²) in [6, 6.07) is 7.99. The molecule has 1 aromatic rings. The van der Waals surface area contributed by atoms with Crippen LogP contribution >= 0.6 is 23.2 Å². The second-order valence-corrected chi connectivity index (χ2v) is 6.95. The quantitative estimate of drug-likeness (QED) is 0.904. The summed E-state index contributed by atoms with van der Waals surface area (Å²) in [7, 11) is 2.29. The van der Waals surface area contributed by atoms with Crippen LogP contribution in [-0.2, 0) is 6.54 Å². The summed E-state index contributed by atoms with van der Waals surface area (Å²) in [6.45, 7) is 0.813. The molecule has 0 aromatic heterocycles. The molecule has 2 fully saturated rings. The molecule has 1 aromatic carbocycles. The summed E-state index contributed by atoms with van der Waals surface area (Å²) in [5, 5.41) is 5.02. The van der Waals surface area contributed by atoms with Crippen molar-refractivity contribution >= 4 is 23.2 Å². The maximum atomic E-state index is 6.25. The van der Waals surface area contributed by atoms with Gasteiger partial charge >= 0.3 is 0 Å². The van der Waals surface area contributed by atoms with Crippen molar-refractivity contribution in [2.75, 3.05) is 7.05 Å². The minimum Gasteiger partial charge on any atom is -0.310 e. The summed E-state index contributed by atoms with van der Waals surface area (Å²) in [4.78, 5) is 2.59. The number of hydrogen-bond donors (Lipinski definition) is 1. The zero-order valence-corrected chi connectivity index (χ0v) is 13.4. The van der Waals surface area contributed by atoms with E-state index < -0.39 is 0 Å². The lowest BCUT2D eigenvalue weighted by Gasteiger charge is -2.47. The summed E-state index contributed by atoms with van der Waals surface area (Å²) in [6.07, 6.45) is 6.61. The van der Waals surface area contributed by atoms with Gasteiger partial charge in [-0.1, -0.05) is 41.8 Å². The summed E-state index contributed by atoms with van der Waals surface area (Å²) in [5.74, 6) is 0. The Kier molecular flexibility index (Phi) is 4.56. The first kappa shape index (κ1) is 14.6. The van der Waals surface area contributed by atoms with Crippen LogP contribution < -0.4 is 5.32 Å². The predicted octanol–water partition coefficient (Wildman–Crippen LogP) is 4.10. The SMILES string of the molecule is CN1C2CCCC1CC(NCc1cccc(Cl)c1Cl)C2. The van der Waals surface area contributed by atoms with Crippen molar-refractivity contribution in [2.45, 2.75) is 56.8 Å². The fraction of sp³-hybridized carbons (Fsp3) is 0.625. The molecule has 4 heteroatoms. The number of benzene rings is 1. The highest BCUT2D eigenvalue weighted by molar-refractivity contribution is 6.42. The van der Waals surface area contributed by atoms with Crippen LogP contribution in [0.3, 0.4) is 0 Å². The van der Waals surface area contributed by atoms with Gasteiger partial charge < -0.3 is 10.2 Å². The predicted molar refractivity (Wildman–Crippen MR) is 85.5 cm³/mol. The van der Waals surface area contributed by atoms with Crippen molar-refractivity contribution in [1.82, 2.24) is 10.2 Å². The van der Waals surface area contributed by atoms with Crippen molar-refractivity contribution < 1.29 is 0 Å². The molecule has 0 saturated carbocycles. The van der Waals surface area contributed by atoms with E-state index in [2.05, 4.69) is 23.3 Å². The van der Waals surface area contributed by atoms with Gasteiger partial charge in [0.25, 0.3) is 0 Å². The number of piperidine rings is 2. The molecule has 20 heavy (non-hydrogen) atoms. The van der Waals surface area contributed by atoms with Crippen LogP contribution in [-0.4, -0.2) is 30.1 Å². The van der Waals surface area contributed by atoms with Crippen LogP contribution in [0.15, 0.2) is 18.2 Å². The number of fused-ring (bicyclic) bond motifs is 2. The monoisotopic (exact) mass is 312 g/mol. The molecule has 110 valence electrons. The number of hydrogen-bond acceptors (Lipinski definition) is 2. The van der Waals surface area contributed by atoms with E-state index in [0.717, 1.165) is 24.2 Å². The van der Waals surface area contributed by atoms with Crippen LogP contribution in [0.25, 0.3) is 0 Å². The topological polar surface area (TPSA) is 15.3 Å². The highest BCUT2D eigenvalue weighted by Gasteiger charge is 2.35. The number of rotatable bonds is 3. The lowest BCUT2D eigenvalue weighted by Crippen LogP contribution is -2.54. The Morgan fingerprint density at radius 2 is 1.90 bits per heavy atom. The van der Waals surface area contributed by atoms with Gasteiger partial charge in [-0.05, 0) is 44.4 Å². The molecule has 2 aliphatic heterocycles. The lowest BCUT2D eigenvalue weighted by atomic mass is 9.82. The molecular weight excluding hydrogens is 291 g/mol. The zero-order valence-electron chi connectivity index (χ0n) is 11.9. The Morgan fingerprint density at radius 3 is 2.60 bits per heavy atom. The van der Waals surface area contributed by atoms with Crippen LogP contribution in [0.4, 0.5) is 0 Å². The molecule has 0 spiro atoms. The Bertz CT molecular complexity index is 464. The molecular formula is C16H22Cl2N2. The standard InChI is InChI=1S/C16H22Cl2N2/c1-20-13-5-3-6-14(20)9-12(8-13)19-10-11-4-2-7-15(17)16(11)18/h2,4,7,12-14,19H,3,5-6,8-10H2,1H3. The Balaban J connectivity index is 1.60. The summed E-state index contributed by atoms with van der Waals surface area (Å²) >= 11 is 12.3. The third-order valence-corrected chi connectivity index (χ3v) is 5.81. The molecule has 2 atom stereocenters. The maximum Gasteiger partial charge on any atom is 0.0637 e. The van der Waals surface area contributed by atoms with Crippen LogP contribution in [0, 0.1) is 0 Å². The van der Waals surface area contributed by atoms with E-state index in [1.807, 2.05) is 12.1 Å². The van der Waals surface area contributed by atoms with Gasteiger partial charge in [0, 0.05) is 24.7 Å². The molecule has 2 saturated heterocycles. The molecule has 0 amide bonds.